The first-order valence-electron chi connectivity index (χ1n) is 10.6. The van der Waals surface area contributed by atoms with Gasteiger partial charge in [-0.15, -0.1) is 0 Å². The van der Waals surface area contributed by atoms with Crippen molar-refractivity contribution in [3.63, 3.8) is 0 Å². The van der Waals surface area contributed by atoms with E-state index in [2.05, 4.69) is 72.8 Å². The van der Waals surface area contributed by atoms with E-state index in [0.717, 1.165) is 12.8 Å². The molecule has 0 saturated carbocycles. The second kappa shape index (κ2) is 7.64. The summed E-state index contributed by atoms with van der Waals surface area (Å²) in [6, 6.07) is 27.2. The molecular weight excluding hydrogens is 336 g/mol. The normalized spacial score (nSPS) is 12.0. The molecule has 0 nitrogen and oxygen atoms in total. The minimum atomic E-state index is 1.06. The molecular formula is C28H28. The van der Waals surface area contributed by atoms with Crippen molar-refractivity contribution in [2.45, 2.75) is 40.5 Å². The summed E-state index contributed by atoms with van der Waals surface area (Å²) in [5.74, 6) is 0. The van der Waals surface area contributed by atoms with Crippen LogP contribution in [0.15, 0.2) is 72.8 Å². The molecule has 0 unspecified atom stereocenters. The Labute approximate surface area is 168 Å². The molecule has 2 aliphatic rings. The van der Waals surface area contributed by atoms with Gasteiger partial charge in [-0.1, -0.05) is 82.3 Å². The van der Waals surface area contributed by atoms with Gasteiger partial charge in [-0.05, 0) is 86.3 Å². The highest BCUT2D eigenvalue weighted by atomic mass is 14.3. The van der Waals surface area contributed by atoms with Gasteiger partial charge in [0.15, 0.2) is 0 Å². The molecule has 0 bridgehead atoms. The van der Waals surface area contributed by atoms with Crippen LogP contribution in [0.3, 0.4) is 0 Å². The molecule has 2 aliphatic carbocycles. The summed E-state index contributed by atoms with van der Waals surface area (Å²) in [5.41, 5.74) is 11.7. The smallest absolute Gasteiger partial charge is 0.00130 e. The largest absolute Gasteiger partial charge is 0.0683 e. The summed E-state index contributed by atoms with van der Waals surface area (Å²) >= 11 is 0. The second-order valence-corrected chi connectivity index (χ2v) is 7.03. The Morgan fingerprint density at radius 1 is 0.429 bits per heavy atom. The van der Waals surface area contributed by atoms with Gasteiger partial charge >= 0.3 is 0 Å². The molecule has 0 heterocycles. The quantitative estimate of drug-likeness (QED) is 0.256. The van der Waals surface area contributed by atoms with Crippen LogP contribution in [-0.2, 0) is 12.8 Å². The molecule has 4 aromatic rings. The van der Waals surface area contributed by atoms with Crippen molar-refractivity contribution >= 4 is 10.8 Å². The summed E-state index contributed by atoms with van der Waals surface area (Å²) in [7, 11) is 0. The Bertz CT molecular complexity index is 1150. The van der Waals surface area contributed by atoms with Crippen molar-refractivity contribution in [3.8, 4) is 22.3 Å². The number of fused-ring (bicyclic) bond motifs is 7. The lowest BCUT2D eigenvalue weighted by Gasteiger charge is -2.07. The molecule has 0 amide bonds. The number of benzene rings is 4. The van der Waals surface area contributed by atoms with Gasteiger partial charge in [0.1, 0.15) is 0 Å². The maximum absolute atomic E-state index is 2.45. The van der Waals surface area contributed by atoms with E-state index < -0.39 is 0 Å². The molecule has 0 aliphatic heterocycles. The van der Waals surface area contributed by atoms with Gasteiger partial charge in [0, 0.05) is 0 Å². The fraction of sp³-hybridized carbons (Fsp3) is 0.214. The zero-order valence-corrected chi connectivity index (χ0v) is 17.3. The first kappa shape index (κ1) is 18.5. The molecule has 0 saturated heterocycles. The summed E-state index contributed by atoms with van der Waals surface area (Å²) in [6.07, 6.45) is 2.13. The molecule has 0 spiro atoms. The molecule has 0 aromatic heterocycles. The van der Waals surface area contributed by atoms with Crippen LogP contribution in [0.4, 0.5) is 0 Å². The second-order valence-electron chi connectivity index (χ2n) is 7.03. The Balaban J connectivity index is 0.000000454. The van der Waals surface area contributed by atoms with Crippen LogP contribution < -0.4 is 0 Å². The van der Waals surface area contributed by atoms with Crippen LogP contribution >= 0.6 is 0 Å². The van der Waals surface area contributed by atoms with Gasteiger partial charge in [0.25, 0.3) is 0 Å². The molecule has 0 heteroatoms. The van der Waals surface area contributed by atoms with Gasteiger partial charge in [-0.3, -0.25) is 0 Å². The highest BCUT2D eigenvalue weighted by molar-refractivity contribution is 5.93. The fourth-order valence-electron chi connectivity index (χ4n) is 4.52. The van der Waals surface area contributed by atoms with E-state index in [9.17, 15) is 0 Å². The van der Waals surface area contributed by atoms with Crippen molar-refractivity contribution < 1.29 is 0 Å². The van der Waals surface area contributed by atoms with E-state index in [1.807, 2.05) is 27.7 Å². The van der Waals surface area contributed by atoms with Gasteiger partial charge in [0.2, 0.25) is 0 Å². The van der Waals surface area contributed by atoms with Crippen LogP contribution in [0, 0.1) is 0 Å². The monoisotopic (exact) mass is 364 g/mol. The van der Waals surface area contributed by atoms with E-state index in [0.29, 0.717) is 0 Å². The maximum atomic E-state index is 2.45. The summed E-state index contributed by atoms with van der Waals surface area (Å²) in [6.45, 7) is 8.00. The Morgan fingerprint density at radius 2 is 0.893 bits per heavy atom. The fourth-order valence-corrected chi connectivity index (χ4v) is 4.52. The molecule has 28 heavy (non-hydrogen) atoms. The van der Waals surface area contributed by atoms with Gasteiger partial charge < -0.3 is 0 Å². The highest BCUT2D eigenvalue weighted by Gasteiger charge is 2.25. The first-order valence-corrected chi connectivity index (χ1v) is 10.6. The van der Waals surface area contributed by atoms with Crippen molar-refractivity contribution in [2.24, 2.45) is 0 Å². The zero-order valence-electron chi connectivity index (χ0n) is 17.3. The van der Waals surface area contributed by atoms with Crippen LogP contribution in [0.5, 0.6) is 0 Å². The van der Waals surface area contributed by atoms with Crippen molar-refractivity contribution in [2.75, 3.05) is 0 Å². The van der Waals surface area contributed by atoms with Crippen molar-refractivity contribution in [1.82, 2.24) is 0 Å². The third kappa shape index (κ3) is 2.85. The SMILES string of the molecule is CC.CC.c1ccc2c(c1)Cc1cc3c(cc1-2)Cc1cc2ccccc2cc1-3. The lowest BCUT2D eigenvalue weighted by molar-refractivity contribution is 1.24. The average Bonchev–Trinajstić information content (AvgIpc) is 3.30. The minimum Gasteiger partial charge on any atom is -0.0683 e. The van der Waals surface area contributed by atoms with Crippen LogP contribution in [0.2, 0.25) is 0 Å². The molecule has 0 N–H and O–H groups in total. The Hall–Kier alpha value is -2.86. The molecule has 0 radical (unpaired) electrons. The third-order valence-electron chi connectivity index (χ3n) is 5.66. The minimum absolute atomic E-state index is 1.06. The molecule has 6 rings (SSSR count). The zero-order chi connectivity index (χ0) is 19.7. The molecule has 140 valence electrons. The van der Waals surface area contributed by atoms with Gasteiger partial charge in [0.05, 0.1) is 0 Å². The van der Waals surface area contributed by atoms with Crippen LogP contribution in [0.25, 0.3) is 33.0 Å². The summed E-state index contributed by atoms with van der Waals surface area (Å²) < 4.78 is 0. The predicted octanol–water partition coefficient (Wildman–Crippen LogP) is 8.03. The lowest BCUT2D eigenvalue weighted by atomic mass is 9.97. The van der Waals surface area contributed by atoms with Crippen molar-refractivity contribution in [1.29, 1.82) is 0 Å². The third-order valence-corrected chi connectivity index (χ3v) is 5.66. The van der Waals surface area contributed by atoms with E-state index in [1.165, 1.54) is 55.3 Å². The van der Waals surface area contributed by atoms with Crippen LogP contribution in [-0.4, -0.2) is 0 Å². The van der Waals surface area contributed by atoms with E-state index in [4.69, 9.17) is 0 Å². The van der Waals surface area contributed by atoms with Gasteiger partial charge in [-0.25, -0.2) is 0 Å². The maximum Gasteiger partial charge on any atom is -0.00130 e. The molecule has 0 atom stereocenters. The lowest BCUT2D eigenvalue weighted by Crippen LogP contribution is -1.85. The molecule has 4 aromatic carbocycles. The average molecular weight is 365 g/mol. The topological polar surface area (TPSA) is 0 Å². The summed E-state index contributed by atoms with van der Waals surface area (Å²) in [5, 5.41) is 2.69. The van der Waals surface area contributed by atoms with E-state index in [-0.39, 0.29) is 0 Å². The number of hydrogen-bond acceptors (Lipinski definition) is 0. The Morgan fingerprint density at radius 3 is 1.61 bits per heavy atom. The van der Waals surface area contributed by atoms with E-state index in [1.54, 1.807) is 0 Å². The predicted molar refractivity (Wildman–Crippen MR) is 123 cm³/mol. The first-order chi connectivity index (χ1) is 13.9. The standard InChI is InChI=1S/C24H16.2C2H6/c1-2-6-16-12-23-18(9-15(16)5-1)11-20-13-22-19(14-24(20)23)10-17-7-3-4-8-21(17)22;2*1-2/h1-9,12-14H,10-11H2;2*1-2H3. The Kier molecular flexibility index (Phi) is 5.05. The van der Waals surface area contributed by atoms with E-state index >= 15 is 0 Å². The summed E-state index contributed by atoms with van der Waals surface area (Å²) in [4.78, 5) is 0. The van der Waals surface area contributed by atoms with Gasteiger partial charge in [-0.2, -0.15) is 0 Å². The van der Waals surface area contributed by atoms with Crippen molar-refractivity contribution in [3.05, 3.63) is 95.1 Å². The number of hydrogen-bond donors (Lipinski definition) is 0. The van der Waals surface area contributed by atoms with Crippen LogP contribution in [0.1, 0.15) is 49.9 Å². The number of rotatable bonds is 0. The highest BCUT2D eigenvalue weighted by Crippen LogP contribution is 2.45. The molecule has 0 fully saturated rings.